The molecular weight excluding hydrogens is 218 g/mol. The summed E-state index contributed by atoms with van der Waals surface area (Å²) in [6.45, 7) is 4.37. The second kappa shape index (κ2) is 4.38. The van der Waals surface area contributed by atoms with E-state index >= 15 is 0 Å². The van der Waals surface area contributed by atoms with Crippen molar-refractivity contribution in [2.45, 2.75) is 19.4 Å². The number of nitrogens with zero attached hydrogens (tertiary/aromatic N) is 4. The Hall–Kier alpha value is -1.53. The number of aryl methyl sites for hydroxylation is 1. The fraction of sp³-hybridized carbons (Fsp3) is 0.545. The van der Waals surface area contributed by atoms with E-state index in [1.807, 2.05) is 19.3 Å². The minimum absolute atomic E-state index is 0.204. The Morgan fingerprint density at radius 2 is 2.53 bits per heavy atom. The van der Waals surface area contributed by atoms with Crippen LogP contribution in [-0.4, -0.2) is 39.3 Å². The molecule has 2 aromatic rings. The largest absolute Gasteiger partial charge is 0.378 e. The highest BCUT2D eigenvalue weighted by Crippen LogP contribution is 2.14. The van der Waals surface area contributed by atoms with Crippen LogP contribution in [0.4, 0.5) is 0 Å². The Kier molecular flexibility index (Phi) is 2.74. The first-order chi connectivity index (χ1) is 8.36. The molecule has 1 saturated heterocycles. The van der Waals surface area contributed by atoms with E-state index in [9.17, 15) is 0 Å². The van der Waals surface area contributed by atoms with Gasteiger partial charge in [0.2, 0.25) is 0 Å². The summed E-state index contributed by atoms with van der Waals surface area (Å²) < 4.78 is 7.18. The van der Waals surface area contributed by atoms with Gasteiger partial charge in [-0.3, -0.25) is 0 Å². The smallest absolute Gasteiger partial charge is 0.252 e. The van der Waals surface area contributed by atoms with Crippen LogP contribution in [-0.2, 0) is 11.2 Å². The van der Waals surface area contributed by atoms with Gasteiger partial charge in [0.1, 0.15) is 0 Å². The van der Waals surface area contributed by atoms with Crippen molar-refractivity contribution in [3.63, 3.8) is 0 Å². The zero-order valence-electron chi connectivity index (χ0n) is 9.76. The fourth-order valence-corrected chi connectivity index (χ4v) is 1.95. The molecule has 0 bridgehead atoms. The first-order valence-electron chi connectivity index (χ1n) is 5.89. The van der Waals surface area contributed by atoms with Gasteiger partial charge in [-0.05, 0) is 0 Å². The van der Waals surface area contributed by atoms with Crippen LogP contribution < -0.4 is 5.32 Å². The van der Waals surface area contributed by atoms with Crippen LogP contribution in [0.15, 0.2) is 12.4 Å². The van der Waals surface area contributed by atoms with Crippen LogP contribution >= 0.6 is 0 Å². The van der Waals surface area contributed by atoms with E-state index in [-0.39, 0.29) is 6.04 Å². The average molecular weight is 233 g/mol. The van der Waals surface area contributed by atoms with E-state index in [4.69, 9.17) is 4.74 Å². The molecule has 0 saturated carbocycles. The number of nitrogens with one attached hydrogen (secondary N) is 1. The molecule has 3 rings (SSSR count). The van der Waals surface area contributed by atoms with Crippen molar-refractivity contribution < 1.29 is 4.74 Å². The fourth-order valence-electron chi connectivity index (χ4n) is 1.95. The number of aromatic nitrogens is 4. The molecule has 17 heavy (non-hydrogen) atoms. The van der Waals surface area contributed by atoms with Crippen molar-refractivity contribution in [2.24, 2.45) is 0 Å². The molecule has 6 nitrogen and oxygen atoms in total. The van der Waals surface area contributed by atoms with Crippen LogP contribution in [0.5, 0.6) is 0 Å². The van der Waals surface area contributed by atoms with Crippen LogP contribution in [0.3, 0.4) is 0 Å². The highest BCUT2D eigenvalue weighted by atomic mass is 16.5. The van der Waals surface area contributed by atoms with Crippen molar-refractivity contribution in [1.82, 2.24) is 24.9 Å². The van der Waals surface area contributed by atoms with E-state index in [0.29, 0.717) is 12.4 Å². The molecule has 0 spiro atoms. The Labute approximate surface area is 99.0 Å². The molecule has 1 aliphatic heterocycles. The number of morpholine rings is 1. The van der Waals surface area contributed by atoms with Gasteiger partial charge in [-0.25, -0.2) is 9.50 Å². The van der Waals surface area contributed by atoms with Gasteiger partial charge < -0.3 is 10.1 Å². The highest BCUT2D eigenvalue weighted by molar-refractivity contribution is 5.28. The van der Waals surface area contributed by atoms with Gasteiger partial charge in [-0.1, -0.05) is 6.92 Å². The summed E-state index contributed by atoms with van der Waals surface area (Å²) in [4.78, 5) is 8.63. The lowest BCUT2D eigenvalue weighted by Crippen LogP contribution is -2.34. The monoisotopic (exact) mass is 233 g/mol. The van der Waals surface area contributed by atoms with Crippen LogP contribution in [0.2, 0.25) is 0 Å². The first kappa shape index (κ1) is 10.6. The van der Waals surface area contributed by atoms with Gasteiger partial charge in [0.25, 0.3) is 5.78 Å². The van der Waals surface area contributed by atoms with Crippen LogP contribution in [0.25, 0.3) is 5.78 Å². The van der Waals surface area contributed by atoms with E-state index in [2.05, 4.69) is 20.4 Å². The molecule has 1 fully saturated rings. The molecule has 1 aliphatic rings. The molecule has 3 heterocycles. The normalized spacial score (nSPS) is 20.9. The van der Waals surface area contributed by atoms with Crippen molar-refractivity contribution >= 4 is 5.78 Å². The molecule has 1 unspecified atom stereocenters. The third kappa shape index (κ3) is 2.01. The Bertz CT molecular complexity index is 518. The van der Waals surface area contributed by atoms with E-state index in [0.717, 1.165) is 31.0 Å². The van der Waals surface area contributed by atoms with Gasteiger partial charge in [-0.15, -0.1) is 5.10 Å². The summed E-state index contributed by atoms with van der Waals surface area (Å²) in [5, 5.41) is 7.76. The topological polar surface area (TPSA) is 64.3 Å². The zero-order valence-corrected chi connectivity index (χ0v) is 9.76. The number of hydrogen-bond acceptors (Lipinski definition) is 5. The lowest BCUT2D eigenvalue weighted by molar-refractivity contribution is 0.0766. The summed E-state index contributed by atoms with van der Waals surface area (Å²) in [6, 6.07) is 0.204. The molecule has 0 aliphatic carbocycles. The van der Waals surface area contributed by atoms with Gasteiger partial charge in [0.05, 0.1) is 19.3 Å². The lowest BCUT2D eigenvalue weighted by Gasteiger charge is -2.23. The van der Waals surface area contributed by atoms with Crippen molar-refractivity contribution in [1.29, 1.82) is 0 Å². The first-order valence-corrected chi connectivity index (χ1v) is 5.89. The summed E-state index contributed by atoms with van der Waals surface area (Å²) in [6.07, 6.45) is 4.64. The number of hydrogen-bond donors (Lipinski definition) is 1. The predicted molar refractivity (Wildman–Crippen MR) is 61.7 cm³/mol. The van der Waals surface area contributed by atoms with Gasteiger partial charge in [0.15, 0.2) is 5.82 Å². The molecule has 1 atom stereocenters. The number of rotatable bonds is 2. The maximum atomic E-state index is 5.44. The third-order valence-corrected chi connectivity index (χ3v) is 2.90. The predicted octanol–water partition coefficient (Wildman–Crippen LogP) is 0.348. The lowest BCUT2D eigenvalue weighted by atomic mass is 10.1. The SMILES string of the molecule is CCc1nc2ncc(C3COCCN3)cn2n1. The molecule has 2 aromatic heterocycles. The van der Waals surface area contributed by atoms with Crippen molar-refractivity contribution in [3.8, 4) is 0 Å². The zero-order chi connectivity index (χ0) is 11.7. The maximum Gasteiger partial charge on any atom is 0.252 e. The molecule has 6 heteroatoms. The number of fused-ring (bicyclic) bond motifs is 1. The Morgan fingerprint density at radius 1 is 1.59 bits per heavy atom. The summed E-state index contributed by atoms with van der Waals surface area (Å²) >= 11 is 0. The maximum absolute atomic E-state index is 5.44. The standard InChI is InChI=1S/C11H15N5O/c1-2-10-14-11-13-5-8(6-16(11)15-10)9-7-17-4-3-12-9/h5-6,9,12H,2-4,7H2,1H3. The molecule has 1 N–H and O–H groups in total. The van der Waals surface area contributed by atoms with E-state index in [1.165, 1.54) is 0 Å². The summed E-state index contributed by atoms with van der Waals surface area (Å²) in [7, 11) is 0. The molecule has 90 valence electrons. The minimum atomic E-state index is 0.204. The van der Waals surface area contributed by atoms with Crippen LogP contribution in [0.1, 0.15) is 24.4 Å². The molecule has 0 amide bonds. The van der Waals surface area contributed by atoms with Crippen molar-refractivity contribution in [3.05, 3.63) is 23.8 Å². The van der Waals surface area contributed by atoms with Crippen LogP contribution in [0, 0.1) is 0 Å². The van der Waals surface area contributed by atoms with E-state index < -0.39 is 0 Å². The Balaban J connectivity index is 1.94. The van der Waals surface area contributed by atoms with Gasteiger partial charge in [-0.2, -0.15) is 4.98 Å². The minimum Gasteiger partial charge on any atom is -0.378 e. The van der Waals surface area contributed by atoms with Gasteiger partial charge >= 0.3 is 0 Å². The van der Waals surface area contributed by atoms with Gasteiger partial charge in [0, 0.05) is 30.9 Å². The summed E-state index contributed by atoms with van der Waals surface area (Å²) in [5.74, 6) is 1.48. The molecule has 0 radical (unpaired) electrons. The second-order valence-electron chi connectivity index (χ2n) is 4.10. The summed E-state index contributed by atoms with van der Waals surface area (Å²) in [5.41, 5.74) is 1.09. The molecular formula is C11H15N5O. The third-order valence-electron chi connectivity index (χ3n) is 2.90. The quantitative estimate of drug-likeness (QED) is 0.810. The Morgan fingerprint density at radius 3 is 3.29 bits per heavy atom. The highest BCUT2D eigenvalue weighted by Gasteiger charge is 2.16. The molecule has 0 aromatic carbocycles. The number of ether oxygens (including phenoxy) is 1. The second-order valence-corrected chi connectivity index (χ2v) is 4.10. The van der Waals surface area contributed by atoms with E-state index in [1.54, 1.807) is 4.52 Å². The average Bonchev–Trinajstić information content (AvgIpc) is 2.81. The van der Waals surface area contributed by atoms with Crippen molar-refractivity contribution in [2.75, 3.05) is 19.8 Å².